The number of halogens is 1. The van der Waals surface area contributed by atoms with Gasteiger partial charge in [-0.3, -0.25) is 15.4 Å². The monoisotopic (exact) mass is 351 g/mol. The van der Waals surface area contributed by atoms with E-state index in [2.05, 4.69) is 16.0 Å². The molecule has 1 aliphatic rings. The maximum Gasteiger partial charge on any atom is 0.321 e. The molecular formula is C18H26ClN3O2. The Morgan fingerprint density at radius 3 is 2.33 bits per heavy atom. The summed E-state index contributed by atoms with van der Waals surface area (Å²) in [4.78, 5) is 24.1. The van der Waals surface area contributed by atoms with Crippen LogP contribution in [0, 0.1) is 0 Å². The Bertz CT molecular complexity index is 556. The zero-order valence-electron chi connectivity index (χ0n) is 14.3. The molecule has 0 aromatic heterocycles. The second kappa shape index (κ2) is 9.04. The number of benzene rings is 1. The van der Waals surface area contributed by atoms with Crippen molar-refractivity contribution in [3.63, 3.8) is 0 Å². The summed E-state index contributed by atoms with van der Waals surface area (Å²) in [6.45, 7) is 3.71. The molecule has 2 atom stereocenters. The van der Waals surface area contributed by atoms with E-state index in [1.54, 1.807) is 6.92 Å². The largest absolute Gasteiger partial charge is 0.335 e. The third kappa shape index (κ3) is 5.80. The van der Waals surface area contributed by atoms with E-state index in [0.717, 1.165) is 31.2 Å². The van der Waals surface area contributed by atoms with Gasteiger partial charge in [0.05, 0.1) is 6.04 Å². The summed E-state index contributed by atoms with van der Waals surface area (Å²) in [6.07, 6.45) is 5.47. The maximum atomic E-state index is 12.2. The molecule has 5 nitrogen and oxygen atoms in total. The number of carbonyl (C=O) groups is 2. The molecule has 1 aromatic rings. The summed E-state index contributed by atoms with van der Waals surface area (Å²) in [5, 5.41) is 9.17. The van der Waals surface area contributed by atoms with Crippen LogP contribution in [-0.4, -0.2) is 24.0 Å². The molecule has 3 amide bonds. The van der Waals surface area contributed by atoms with Crippen molar-refractivity contribution in [2.75, 3.05) is 0 Å². The summed E-state index contributed by atoms with van der Waals surface area (Å²) in [7, 11) is 0. The van der Waals surface area contributed by atoms with Gasteiger partial charge in [0.25, 0.3) is 0 Å². The van der Waals surface area contributed by atoms with Crippen LogP contribution in [0.15, 0.2) is 24.3 Å². The summed E-state index contributed by atoms with van der Waals surface area (Å²) in [5.41, 5.74) is 1.03. The van der Waals surface area contributed by atoms with Crippen LogP contribution in [0.25, 0.3) is 0 Å². The van der Waals surface area contributed by atoms with E-state index in [9.17, 15) is 9.59 Å². The van der Waals surface area contributed by atoms with Crippen molar-refractivity contribution in [3.05, 3.63) is 34.9 Å². The predicted molar refractivity (Wildman–Crippen MR) is 96.0 cm³/mol. The van der Waals surface area contributed by atoms with Gasteiger partial charge in [-0.15, -0.1) is 0 Å². The van der Waals surface area contributed by atoms with E-state index in [1.165, 1.54) is 6.42 Å². The third-order valence-electron chi connectivity index (χ3n) is 4.44. The van der Waals surface area contributed by atoms with Gasteiger partial charge in [-0.25, -0.2) is 4.79 Å². The molecule has 3 N–H and O–H groups in total. The first kappa shape index (κ1) is 18.7. The Morgan fingerprint density at radius 1 is 1.08 bits per heavy atom. The molecule has 2 rings (SSSR count). The van der Waals surface area contributed by atoms with Gasteiger partial charge < -0.3 is 5.32 Å². The minimum atomic E-state index is -0.479. The van der Waals surface area contributed by atoms with Gasteiger partial charge in [-0.1, -0.05) is 43.0 Å². The third-order valence-corrected chi connectivity index (χ3v) is 4.69. The smallest absolute Gasteiger partial charge is 0.321 e. The van der Waals surface area contributed by atoms with Crippen molar-refractivity contribution in [1.29, 1.82) is 0 Å². The molecular weight excluding hydrogens is 326 g/mol. The second-order valence-electron chi connectivity index (χ2n) is 6.46. The van der Waals surface area contributed by atoms with Crippen LogP contribution in [0.4, 0.5) is 4.79 Å². The van der Waals surface area contributed by atoms with Gasteiger partial charge in [-0.05, 0) is 44.4 Å². The molecule has 0 radical (unpaired) electrons. The molecule has 1 saturated carbocycles. The second-order valence-corrected chi connectivity index (χ2v) is 6.90. The fourth-order valence-corrected chi connectivity index (χ4v) is 3.11. The normalized spacial score (nSPS) is 17.8. The lowest BCUT2D eigenvalue weighted by Gasteiger charge is -2.24. The van der Waals surface area contributed by atoms with Gasteiger partial charge in [-0.2, -0.15) is 0 Å². The van der Waals surface area contributed by atoms with Crippen LogP contribution in [0.1, 0.15) is 57.6 Å². The molecule has 0 heterocycles. The predicted octanol–water partition coefficient (Wildman–Crippen LogP) is 3.54. The van der Waals surface area contributed by atoms with Crippen LogP contribution in [0.2, 0.25) is 5.02 Å². The Hall–Kier alpha value is -1.59. The quantitative estimate of drug-likeness (QED) is 0.760. The summed E-state index contributed by atoms with van der Waals surface area (Å²) < 4.78 is 0. The lowest BCUT2D eigenvalue weighted by molar-refractivity contribution is -0.121. The zero-order valence-corrected chi connectivity index (χ0v) is 15.0. The van der Waals surface area contributed by atoms with Crippen molar-refractivity contribution in [3.8, 4) is 0 Å². The van der Waals surface area contributed by atoms with E-state index in [1.807, 2.05) is 31.2 Å². The first-order valence-electron chi connectivity index (χ1n) is 8.58. The molecule has 1 fully saturated rings. The van der Waals surface area contributed by atoms with Gasteiger partial charge in [0.1, 0.15) is 0 Å². The molecule has 0 saturated heterocycles. The number of nitrogens with one attached hydrogen (secondary N) is 3. The zero-order chi connectivity index (χ0) is 17.5. The topological polar surface area (TPSA) is 70.2 Å². The molecule has 6 heteroatoms. The molecule has 0 aliphatic heterocycles. The Balaban J connectivity index is 1.78. The summed E-state index contributed by atoms with van der Waals surface area (Å²) in [6, 6.07) is 6.75. The van der Waals surface area contributed by atoms with Gasteiger partial charge in [0, 0.05) is 17.1 Å². The molecule has 132 valence electrons. The Kier molecular flexibility index (Phi) is 7.06. The van der Waals surface area contributed by atoms with Gasteiger partial charge in [0.15, 0.2) is 0 Å². The van der Waals surface area contributed by atoms with E-state index in [-0.39, 0.29) is 18.0 Å². The van der Waals surface area contributed by atoms with Crippen molar-refractivity contribution in [2.45, 2.75) is 64.1 Å². The highest BCUT2D eigenvalue weighted by atomic mass is 35.5. The SMILES string of the molecule is CC(NC(C)c1ccc(Cl)cc1)C(=O)NC(=O)NC1CCCCC1. The van der Waals surface area contributed by atoms with Crippen LogP contribution >= 0.6 is 11.6 Å². The minimum Gasteiger partial charge on any atom is -0.335 e. The molecule has 24 heavy (non-hydrogen) atoms. The number of rotatable bonds is 5. The van der Waals surface area contributed by atoms with Crippen molar-refractivity contribution < 1.29 is 9.59 Å². The number of hydrogen-bond acceptors (Lipinski definition) is 3. The Morgan fingerprint density at radius 2 is 1.71 bits per heavy atom. The Labute approximate surface area is 148 Å². The van der Waals surface area contributed by atoms with E-state index >= 15 is 0 Å². The first-order valence-corrected chi connectivity index (χ1v) is 8.96. The highest BCUT2D eigenvalue weighted by Gasteiger charge is 2.20. The fourth-order valence-electron chi connectivity index (χ4n) is 2.99. The van der Waals surface area contributed by atoms with Crippen LogP contribution in [0.5, 0.6) is 0 Å². The molecule has 0 spiro atoms. The average Bonchev–Trinajstić information content (AvgIpc) is 2.56. The number of carbonyl (C=O) groups excluding carboxylic acids is 2. The fraction of sp³-hybridized carbons (Fsp3) is 0.556. The lowest BCUT2D eigenvalue weighted by atomic mass is 9.96. The maximum absolute atomic E-state index is 12.2. The average molecular weight is 352 g/mol. The number of imide groups is 1. The lowest BCUT2D eigenvalue weighted by Crippen LogP contribution is -2.50. The standard InChI is InChI=1S/C18H26ClN3O2/c1-12(14-8-10-15(19)11-9-14)20-13(2)17(23)22-18(24)21-16-6-4-3-5-7-16/h8-13,16,20H,3-7H2,1-2H3,(H2,21,22,23,24). The van der Waals surface area contributed by atoms with Crippen molar-refractivity contribution in [2.24, 2.45) is 0 Å². The molecule has 1 aliphatic carbocycles. The van der Waals surface area contributed by atoms with Crippen LogP contribution < -0.4 is 16.0 Å². The highest BCUT2D eigenvalue weighted by molar-refractivity contribution is 6.30. The van der Waals surface area contributed by atoms with Crippen LogP contribution in [-0.2, 0) is 4.79 Å². The number of amides is 3. The van der Waals surface area contributed by atoms with Gasteiger partial charge >= 0.3 is 6.03 Å². The molecule has 0 bridgehead atoms. The van der Waals surface area contributed by atoms with Gasteiger partial charge in [0.2, 0.25) is 5.91 Å². The first-order chi connectivity index (χ1) is 11.5. The van der Waals surface area contributed by atoms with Crippen molar-refractivity contribution in [1.82, 2.24) is 16.0 Å². The highest BCUT2D eigenvalue weighted by Crippen LogP contribution is 2.17. The minimum absolute atomic E-state index is 0.0237. The van der Waals surface area contributed by atoms with E-state index < -0.39 is 12.1 Å². The number of urea groups is 1. The van der Waals surface area contributed by atoms with E-state index in [0.29, 0.717) is 5.02 Å². The van der Waals surface area contributed by atoms with Crippen LogP contribution in [0.3, 0.4) is 0 Å². The summed E-state index contributed by atoms with van der Waals surface area (Å²) >= 11 is 5.88. The van der Waals surface area contributed by atoms with E-state index in [4.69, 9.17) is 11.6 Å². The molecule has 1 aromatic carbocycles. The number of hydrogen-bond donors (Lipinski definition) is 3. The molecule has 2 unspecified atom stereocenters. The summed E-state index contributed by atoms with van der Waals surface area (Å²) in [5.74, 6) is -0.330. The van der Waals surface area contributed by atoms with Crippen molar-refractivity contribution >= 4 is 23.5 Å².